The molecule has 2 N–H and O–H groups in total. The highest BCUT2D eigenvalue weighted by atomic mass is 16.1. The molecule has 2 atom stereocenters. The molecule has 66 valence electrons. The Bertz CT molecular complexity index is 234. The molecule has 0 radical (unpaired) electrons. The van der Waals surface area contributed by atoms with Crippen LogP contribution in [0, 0.1) is 23.2 Å². The van der Waals surface area contributed by atoms with Crippen molar-refractivity contribution in [3.05, 3.63) is 0 Å². The average Bonchev–Trinajstić information content (AvgIpc) is 2.37. The van der Waals surface area contributed by atoms with Gasteiger partial charge in [-0.05, 0) is 49.9 Å². The van der Waals surface area contributed by atoms with E-state index in [-0.39, 0.29) is 11.3 Å². The van der Waals surface area contributed by atoms with Gasteiger partial charge in [-0.15, -0.1) is 0 Å². The zero-order chi connectivity index (χ0) is 8.34. The summed E-state index contributed by atoms with van der Waals surface area (Å²) < 4.78 is 0. The summed E-state index contributed by atoms with van der Waals surface area (Å²) in [5.41, 5.74) is 5.48. The van der Waals surface area contributed by atoms with Crippen LogP contribution in [0.1, 0.15) is 32.1 Å². The summed E-state index contributed by atoms with van der Waals surface area (Å²) in [7, 11) is 0. The standard InChI is InChI=1S/C10H15NO/c11-9(12)10-4-6-1-7(5-10)3-8(10)2-6/h6-8H,1-5H2,(H2,11,12). The van der Waals surface area contributed by atoms with Crippen molar-refractivity contribution in [1.82, 2.24) is 0 Å². The number of primary amides is 1. The van der Waals surface area contributed by atoms with E-state index in [0.29, 0.717) is 5.92 Å². The second kappa shape index (κ2) is 1.86. The van der Waals surface area contributed by atoms with Crippen LogP contribution in [0.3, 0.4) is 0 Å². The Morgan fingerprint density at radius 2 is 1.75 bits per heavy atom. The minimum absolute atomic E-state index is 0.00259. The Hall–Kier alpha value is -0.530. The molecule has 4 rings (SSSR count). The summed E-state index contributed by atoms with van der Waals surface area (Å²) in [6.07, 6.45) is 6.19. The first-order valence-electron chi connectivity index (χ1n) is 5.00. The zero-order valence-corrected chi connectivity index (χ0v) is 7.25. The summed E-state index contributed by atoms with van der Waals surface area (Å²) in [4.78, 5) is 11.4. The van der Waals surface area contributed by atoms with Crippen LogP contribution in [0.5, 0.6) is 0 Å². The minimum Gasteiger partial charge on any atom is -0.369 e. The quantitative estimate of drug-likeness (QED) is 0.625. The van der Waals surface area contributed by atoms with Gasteiger partial charge in [-0.1, -0.05) is 0 Å². The van der Waals surface area contributed by atoms with E-state index in [9.17, 15) is 4.79 Å². The molecule has 0 saturated heterocycles. The monoisotopic (exact) mass is 165 g/mol. The van der Waals surface area contributed by atoms with Crippen LogP contribution >= 0.6 is 0 Å². The van der Waals surface area contributed by atoms with Crippen LogP contribution in [0.15, 0.2) is 0 Å². The van der Waals surface area contributed by atoms with E-state index in [4.69, 9.17) is 5.73 Å². The number of rotatable bonds is 1. The van der Waals surface area contributed by atoms with Crippen molar-refractivity contribution in [3.8, 4) is 0 Å². The molecule has 2 heteroatoms. The van der Waals surface area contributed by atoms with Gasteiger partial charge in [0.2, 0.25) is 5.91 Å². The molecule has 4 fully saturated rings. The lowest BCUT2D eigenvalue weighted by atomic mass is 9.75. The van der Waals surface area contributed by atoms with Crippen LogP contribution in [0.4, 0.5) is 0 Å². The average molecular weight is 165 g/mol. The molecule has 0 aromatic rings. The highest BCUT2D eigenvalue weighted by molar-refractivity contribution is 5.82. The van der Waals surface area contributed by atoms with Gasteiger partial charge in [-0.2, -0.15) is 0 Å². The first kappa shape index (κ1) is 6.93. The molecule has 2 unspecified atom stereocenters. The fraction of sp³-hybridized carbons (Fsp3) is 0.900. The molecule has 0 aliphatic heterocycles. The van der Waals surface area contributed by atoms with Gasteiger partial charge in [0.25, 0.3) is 0 Å². The maximum Gasteiger partial charge on any atom is 0.223 e. The maximum absolute atomic E-state index is 11.4. The van der Waals surface area contributed by atoms with Gasteiger partial charge in [0.1, 0.15) is 0 Å². The summed E-state index contributed by atoms with van der Waals surface area (Å²) >= 11 is 0. The fourth-order valence-electron chi connectivity index (χ4n) is 4.20. The first-order chi connectivity index (χ1) is 5.71. The lowest BCUT2D eigenvalue weighted by Gasteiger charge is -2.29. The van der Waals surface area contributed by atoms with Crippen molar-refractivity contribution in [2.75, 3.05) is 0 Å². The predicted molar refractivity (Wildman–Crippen MR) is 45.2 cm³/mol. The number of nitrogens with two attached hydrogens (primary N) is 1. The van der Waals surface area contributed by atoms with Gasteiger partial charge in [0.15, 0.2) is 0 Å². The lowest BCUT2D eigenvalue weighted by molar-refractivity contribution is -0.129. The van der Waals surface area contributed by atoms with E-state index >= 15 is 0 Å². The first-order valence-corrected chi connectivity index (χ1v) is 5.00. The van der Waals surface area contributed by atoms with Gasteiger partial charge in [0, 0.05) is 0 Å². The number of hydrogen-bond donors (Lipinski definition) is 1. The molecule has 1 amide bonds. The Kier molecular flexibility index (Phi) is 1.07. The van der Waals surface area contributed by atoms with Gasteiger partial charge >= 0.3 is 0 Å². The highest BCUT2D eigenvalue weighted by Crippen LogP contribution is 2.65. The van der Waals surface area contributed by atoms with E-state index in [1.54, 1.807) is 0 Å². The Morgan fingerprint density at radius 1 is 1.17 bits per heavy atom. The minimum atomic E-state index is -0.0341. The van der Waals surface area contributed by atoms with Gasteiger partial charge in [-0.3, -0.25) is 4.79 Å². The molecule has 4 aliphatic rings. The van der Waals surface area contributed by atoms with E-state index in [2.05, 4.69) is 0 Å². The number of hydrogen-bond acceptors (Lipinski definition) is 1. The number of amides is 1. The summed E-state index contributed by atoms with van der Waals surface area (Å²) in [6, 6.07) is 0. The molecular formula is C10H15NO. The van der Waals surface area contributed by atoms with Crippen molar-refractivity contribution in [2.45, 2.75) is 32.1 Å². The number of carbonyl (C=O) groups excluding carboxylic acids is 1. The normalized spacial score (nSPS) is 54.8. The van der Waals surface area contributed by atoms with Crippen LogP contribution < -0.4 is 5.73 Å². The lowest BCUT2D eigenvalue weighted by Crippen LogP contribution is -2.38. The molecule has 0 spiro atoms. The van der Waals surface area contributed by atoms with Crippen LogP contribution in [0.25, 0.3) is 0 Å². The summed E-state index contributed by atoms with van der Waals surface area (Å²) in [6.45, 7) is 0. The van der Waals surface area contributed by atoms with Crippen molar-refractivity contribution in [1.29, 1.82) is 0 Å². The van der Waals surface area contributed by atoms with Crippen LogP contribution in [-0.4, -0.2) is 5.91 Å². The van der Waals surface area contributed by atoms with Crippen molar-refractivity contribution in [2.24, 2.45) is 28.9 Å². The molecule has 0 aromatic carbocycles. The Balaban J connectivity index is 2.03. The Morgan fingerprint density at radius 3 is 2.17 bits per heavy atom. The molecule has 4 aliphatic carbocycles. The van der Waals surface area contributed by atoms with Crippen LogP contribution in [-0.2, 0) is 4.79 Å². The summed E-state index contributed by atoms with van der Waals surface area (Å²) in [5, 5.41) is 0. The van der Waals surface area contributed by atoms with Crippen molar-refractivity contribution < 1.29 is 4.79 Å². The molecule has 0 aromatic heterocycles. The van der Waals surface area contributed by atoms with E-state index in [0.717, 1.165) is 24.7 Å². The third kappa shape index (κ3) is 0.606. The molecule has 0 heterocycles. The number of carbonyl (C=O) groups is 1. The summed E-state index contributed by atoms with van der Waals surface area (Å²) in [5.74, 6) is 2.35. The van der Waals surface area contributed by atoms with Crippen molar-refractivity contribution in [3.63, 3.8) is 0 Å². The predicted octanol–water partition coefficient (Wildman–Crippen LogP) is 1.30. The van der Waals surface area contributed by atoms with Gasteiger partial charge in [-0.25, -0.2) is 0 Å². The molecule has 2 nitrogen and oxygen atoms in total. The fourth-order valence-corrected chi connectivity index (χ4v) is 4.20. The largest absolute Gasteiger partial charge is 0.369 e. The molecule has 12 heavy (non-hydrogen) atoms. The van der Waals surface area contributed by atoms with Crippen molar-refractivity contribution >= 4 is 5.91 Å². The third-order valence-corrected chi connectivity index (χ3v) is 4.48. The van der Waals surface area contributed by atoms with E-state index in [1.165, 1.54) is 19.3 Å². The maximum atomic E-state index is 11.4. The zero-order valence-electron chi connectivity index (χ0n) is 7.25. The highest BCUT2D eigenvalue weighted by Gasteiger charge is 2.60. The molecule has 4 saturated carbocycles. The second-order valence-electron chi connectivity index (χ2n) is 5.06. The van der Waals surface area contributed by atoms with Gasteiger partial charge < -0.3 is 5.73 Å². The van der Waals surface area contributed by atoms with Crippen LogP contribution in [0.2, 0.25) is 0 Å². The molecular weight excluding hydrogens is 150 g/mol. The van der Waals surface area contributed by atoms with Gasteiger partial charge in [0.05, 0.1) is 5.41 Å². The second-order valence-corrected chi connectivity index (χ2v) is 5.06. The smallest absolute Gasteiger partial charge is 0.223 e. The topological polar surface area (TPSA) is 43.1 Å². The third-order valence-electron chi connectivity index (χ3n) is 4.48. The van der Waals surface area contributed by atoms with E-state index in [1.807, 2.05) is 0 Å². The SMILES string of the molecule is NC(=O)C12CC3CC(CC1C3)C2. The Labute approximate surface area is 72.5 Å². The van der Waals surface area contributed by atoms with E-state index < -0.39 is 0 Å². The molecule has 4 bridgehead atoms.